The molecule has 0 saturated heterocycles. The van der Waals surface area contributed by atoms with Gasteiger partial charge in [-0.05, 0) is 112 Å². The van der Waals surface area contributed by atoms with Crippen molar-refractivity contribution < 1.29 is 0 Å². The molecule has 0 radical (unpaired) electrons. The van der Waals surface area contributed by atoms with Gasteiger partial charge in [0.1, 0.15) is 0 Å². The van der Waals surface area contributed by atoms with Gasteiger partial charge in [-0.2, -0.15) is 0 Å². The van der Waals surface area contributed by atoms with Crippen molar-refractivity contribution in [1.29, 1.82) is 0 Å². The highest BCUT2D eigenvalue weighted by Crippen LogP contribution is 2.47. The molecule has 40 heavy (non-hydrogen) atoms. The molecule has 0 unspecified atom stereocenters. The second kappa shape index (κ2) is 8.67. The molecule has 0 amide bonds. The lowest BCUT2D eigenvalue weighted by Gasteiger charge is -2.27. The molecule has 0 aromatic heterocycles. The zero-order valence-electron chi connectivity index (χ0n) is 24.4. The Labute approximate surface area is 237 Å². The molecule has 0 heterocycles. The van der Waals surface area contributed by atoms with Crippen molar-refractivity contribution in [3.05, 3.63) is 120 Å². The third-order valence-corrected chi connectivity index (χ3v) is 8.64. The molecule has 0 heteroatoms. The zero-order valence-corrected chi connectivity index (χ0v) is 24.4. The van der Waals surface area contributed by atoms with E-state index in [1.54, 1.807) is 0 Å². The Morgan fingerprint density at radius 2 is 0.675 bits per heavy atom. The first-order valence-electron chi connectivity index (χ1n) is 14.5. The van der Waals surface area contributed by atoms with Crippen LogP contribution in [0.2, 0.25) is 0 Å². The van der Waals surface area contributed by atoms with Gasteiger partial charge in [-0.25, -0.2) is 0 Å². The molecule has 0 aliphatic carbocycles. The summed E-state index contributed by atoms with van der Waals surface area (Å²) in [6.07, 6.45) is 0. The molecule has 7 aromatic carbocycles. The van der Waals surface area contributed by atoms with E-state index in [2.05, 4.69) is 151 Å². The third-order valence-electron chi connectivity index (χ3n) is 8.64. The Hall–Kier alpha value is -4.16. The van der Waals surface area contributed by atoms with Crippen molar-refractivity contribution in [3.8, 4) is 22.3 Å². The summed E-state index contributed by atoms with van der Waals surface area (Å²) < 4.78 is 0. The van der Waals surface area contributed by atoms with Crippen LogP contribution in [0.5, 0.6) is 0 Å². The summed E-state index contributed by atoms with van der Waals surface area (Å²) in [5.74, 6) is 0. The molecule has 0 N–H and O–H groups in total. The lowest BCUT2D eigenvalue weighted by Crippen LogP contribution is -2.12. The average molecular weight is 517 g/mol. The van der Waals surface area contributed by atoms with Gasteiger partial charge in [-0.15, -0.1) is 0 Å². The molecule has 0 aliphatic rings. The number of fused-ring (bicyclic) bond motifs is 2. The van der Waals surface area contributed by atoms with E-state index in [0.29, 0.717) is 0 Å². The first kappa shape index (κ1) is 24.9. The van der Waals surface area contributed by atoms with Crippen molar-refractivity contribution in [2.75, 3.05) is 0 Å². The van der Waals surface area contributed by atoms with Gasteiger partial charge in [0.25, 0.3) is 0 Å². The normalized spacial score (nSPS) is 12.8. The molecule has 0 aliphatic heterocycles. The Morgan fingerprint density at radius 1 is 0.325 bits per heavy atom. The Kier molecular flexibility index (Phi) is 5.39. The molecule has 0 bridgehead atoms. The van der Waals surface area contributed by atoms with E-state index in [1.807, 2.05) is 0 Å². The molecule has 196 valence electrons. The molecule has 0 spiro atoms. The third kappa shape index (κ3) is 3.81. The van der Waals surface area contributed by atoms with E-state index in [0.717, 1.165) is 0 Å². The summed E-state index contributed by atoms with van der Waals surface area (Å²) in [5.41, 5.74) is 7.94. The van der Waals surface area contributed by atoms with Gasteiger partial charge >= 0.3 is 0 Å². The van der Waals surface area contributed by atoms with Gasteiger partial charge in [0, 0.05) is 0 Å². The van der Waals surface area contributed by atoms with Crippen LogP contribution in [-0.4, -0.2) is 0 Å². The molecular weight excluding hydrogens is 480 g/mol. The fourth-order valence-electron chi connectivity index (χ4n) is 6.75. The predicted molar refractivity (Wildman–Crippen MR) is 176 cm³/mol. The maximum atomic E-state index is 2.44. The van der Waals surface area contributed by atoms with Crippen LogP contribution >= 0.6 is 0 Å². The van der Waals surface area contributed by atoms with Gasteiger partial charge in [-0.1, -0.05) is 126 Å². The van der Waals surface area contributed by atoms with Gasteiger partial charge in [-0.3, -0.25) is 0 Å². The first-order chi connectivity index (χ1) is 19.1. The standard InChI is InChI=1S/C40H36/c1-39(2,3)35-19-17-29-32-22-28(26-15-11-8-12-16-26)24-34-36(40(4,5)6)20-18-30(38(32)34)31-21-27(23-33(35)37(29)31)25-13-9-7-10-14-25/h7-24H,1-6H3. The largest absolute Gasteiger partial charge is 0.0622 e. The van der Waals surface area contributed by atoms with E-state index in [4.69, 9.17) is 0 Å². The second-order valence-electron chi connectivity index (χ2n) is 13.4. The van der Waals surface area contributed by atoms with Crippen LogP contribution < -0.4 is 0 Å². The Morgan fingerprint density at radius 3 is 1.02 bits per heavy atom. The van der Waals surface area contributed by atoms with Crippen LogP contribution in [0, 0.1) is 0 Å². The van der Waals surface area contributed by atoms with Crippen molar-refractivity contribution in [2.45, 2.75) is 52.4 Å². The van der Waals surface area contributed by atoms with Gasteiger partial charge in [0.15, 0.2) is 0 Å². The minimum absolute atomic E-state index is 0.0304. The lowest BCUT2D eigenvalue weighted by atomic mass is 9.77. The van der Waals surface area contributed by atoms with Crippen molar-refractivity contribution in [3.63, 3.8) is 0 Å². The van der Waals surface area contributed by atoms with E-state index < -0.39 is 0 Å². The van der Waals surface area contributed by atoms with E-state index >= 15 is 0 Å². The highest BCUT2D eigenvalue weighted by molar-refractivity contribution is 6.34. The molecule has 7 rings (SSSR count). The maximum Gasteiger partial charge on any atom is -0.00230 e. The molecule has 0 nitrogen and oxygen atoms in total. The summed E-state index contributed by atoms with van der Waals surface area (Å²) in [6.45, 7) is 14.0. The van der Waals surface area contributed by atoms with Crippen molar-refractivity contribution >= 4 is 43.1 Å². The topological polar surface area (TPSA) is 0 Å². The zero-order chi connectivity index (χ0) is 27.8. The van der Waals surface area contributed by atoms with Crippen molar-refractivity contribution in [2.24, 2.45) is 0 Å². The fourth-order valence-corrected chi connectivity index (χ4v) is 6.75. The average Bonchev–Trinajstić information content (AvgIpc) is 2.94. The fraction of sp³-hybridized carbons (Fsp3) is 0.200. The SMILES string of the molecule is CC(C)(C)c1ccc2c3cc(-c4ccccc4)cc4c(C(C)(C)C)ccc(c5cc(-c6ccccc6)cc1c25)c43. The van der Waals surface area contributed by atoms with Gasteiger partial charge in [0.05, 0.1) is 0 Å². The van der Waals surface area contributed by atoms with E-state index in [9.17, 15) is 0 Å². The Balaban J connectivity index is 1.73. The molecule has 7 aromatic rings. The smallest absolute Gasteiger partial charge is 0.00230 e. The minimum atomic E-state index is 0.0304. The molecular formula is C40H36. The second-order valence-corrected chi connectivity index (χ2v) is 13.4. The Bertz CT molecular complexity index is 1880. The van der Waals surface area contributed by atoms with Gasteiger partial charge < -0.3 is 0 Å². The summed E-state index contributed by atoms with van der Waals surface area (Å²) in [6, 6.07) is 41.0. The summed E-state index contributed by atoms with van der Waals surface area (Å²) >= 11 is 0. The molecule has 0 saturated carbocycles. The van der Waals surface area contributed by atoms with Crippen LogP contribution in [-0.2, 0) is 10.8 Å². The van der Waals surface area contributed by atoms with E-state index in [1.165, 1.54) is 76.5 Å². The monoisotopic (exact) mass is 516 g/mol. The first-order valence-corrected chi connectivity index (χ1v) is 14.5. The van der Waals surface area contributed by atoms with Crippen LogP contribution in [0.4, 0.5) is 0 Å². The number of rotatable bonds is 2. The highest BCUT2D eigenvalue weighted by atomic mass is 14.3. The summed E-state index contributed by atoms with van der Waals surface area (Å²) in [7, 11) is 0. The van der Waals surface area contributed by atoms with E-state index in [-0.39, 0.29) is 10.8 Å². The minimum Gasteiger partial charge on any atom is -0.0622 e. The predicted octanol–water partition coefficient (Wildman–Crippen LogP) is 11.7. The molecule has 0 fully saturated rings. The van der Waals surface area contributed by atoms with Gasteiger partial charge in [0.2, 0.25) is 0 Å². The summed E-state index contributed by atoms with van der Waals surface area (Å²) in [5, 5.41) is 10.9. The van der Waals surface area contributed by atoms with Crippen LogP contribution in [0.25, 0.3) is 65.3 Å². The highest BCUT2D eigenvalue weighted by Gasteiger charge is 2.24. The van der Waals surface area contributed by atoms with Crippen LogP contribution in [0.1, 0.15) is 52.7 Å². The number of benzene rings is 7. The van der Waals surface area contributed by atoms with Crippen molar-refractivity contribution in [1.82, 2.24) is 0 Å². The van der Waals surface area contributed by atoms with Crippen LogP contribution in [0.3, 0.4) is 0 Å². The van der Waals surface area contributed by atoms with Crippen LogP contribution in [0.15, 0.2) is 109 Å². The number of hydrogen-bond acceptors (Lipinski definition) is 0. The quantitative estimate of drug-likeness (QED) is 0.158. The lowest BCUT2D eigenvalue weighted by molar-refractivity contribution is 0.595. The summed E-state index contributed by atoms with van der Waals surface area (Å²) in [4.78, 5) is 0. The maximum absolute atomic E-state index is 2.44. The number of hydrogen-bond donors (Lipinski definition) is 0. The molecule has 0 atom stereocenters.